The van der Waals surface area contributed by atoms with E-state index in [1.54, 1.807) is 24.3 Å². The molecular formula is C24H13Br2Cl3N2O4. The second kappa shape index (κ2) is 10.7. The summed E-state index contributed by atoms with van der Waals surface area (Å²) in [6.07, 6.45) is 1.36. The standard InChI is InChI=1S/C24H13Br2Cl3N2O4/c25-14-7-13(21(18(26)9-14)35-11-12-1-3-15(27)4-2-12)8-17-22(32)30-24(34)31(23(17)33)16-5-6-19(28)20(29)10-16/h1-10H,11H2,(H,30,32,34)/b17-8+. The van der Waals surface area contributed by atoms with Crippen LogP contribution in [0.4, 0.5) is 10.5 Å². The van der Waals surface area contributed by atoms with Crippen molar-refractivity contribution in [3.8, 4) is 5.75 Å². The van der Waals surface area contributed by atoms with Crippen molar-refractivity contribution >= 4 is 96.3 Å². The summed E-state index contributed by atoms with van der Waals surface area (Å²) < 4.78 is 7.28. The SMILES string of the molecule is O=C1NC(=O)N(c2ccc(Cl)c(Cl)c2)C(=O)/C1=C/c1cc(Br)cc(Br)c1OCc1ccc(Cl)cc1. The lowest BCUT2D eigenvalue weighted by Gasteiger charge is -2.26. The van der Waals surface area contributed by atoms with E-state index in [0.717, 1.165) is 10.5 Å². The Labute approximate surface area is 232 Å². The molecule has 0 aliphatic carbocycles. The van der Waals surface area contributed by atoms with Gasteiger partial charge in [-0.3, -0.25) is 14.9 Å². The van der Waals surface area contributed by atoms with Gasteiger partial charge in [0.25, 0.3) is 11.8 Å². The van der Waals surface area contributed by atoms with Gasteiger partial charge in [-0.25, -0.2) is 9.69 Å². The molecule has 4 rings (SSSR count). The molecule has 178 valence electrons. The molecule has 1 aliphatic rings. The van der Waals surface area contributed by atoms with E-state index in [2.05, 4.69) is 37.2 Å². The third-order valence-electron chi connectivity index (χ3n) is 4.90. The first-order valence-corrected chi connectivity index (χ1v) is 12.6. The molecule has 0 saturated carbocycles. The average Bonchev–Trinajstić information content (AvgIpc) is 2.79. The number of amides is 4. The molecule has 4 amide bonds. The van der Waals surface area contributed by atoms with Crippen LogP contribution in [0.5, 0.6) is 5.75 Å². The zero-order valence-corrected chi connectivity index (χ0v) is 22.9. The fraction of sp³-hybridized carbons (Fsp3) is 0.0417. The summed E-state index contributed by atoms with van der Waals surface area (Å²) in [4.78, 5) is 39.2. The zero-order chi connectivity index (χ0) is 25.3. The normalized spacial score (nSPS) is 14.9. The number of halogens is 5. The Hall–Kier alpha value is -2.36. The highest BCUT2D eigenvalue weighted by molar-refractivity contribution is 9.11. The largest absolute Gasteiger partial charge is 0.487 e. The highest BCUT2D eigenvalue weighted by atomic mass is 79.9. The first-order valence-electron chi connectivity index (χ1n) is 9.87. The fourth-order valence-electron chi connectivity index (χ4n) is 3.25. The van der Waals surface area contributed by atoms with Crippen LogP contribution in [-0.4, -0.2) is 17.8 Å². The van der Waals surface area contributed by atoms with Gasteiger partial charge in [0.2, 0.25) is 0 Å². The topological polar surface area (TPSA) is 75.7 Å². The maximum Gasteiger partial charge on any atom is 0.335 e. The minimum atomic E-state index is -0.898. The van der Waals surface area contributed by atoms with Gasteiger partial charge in [0.05, 0.1) is 20.2 Å². The number of carbonyl (C=O) groups excluding carboxylic acids is 3. The van der Waals surface area contributed by atoms with Crippen molar-refractivity contribution in [3.63, 3.8) is 0 Å². The number of hydrogen-bond acceptors (Lipinski definition) is 4. The van der Waals surface area contributed by atoms with Gasteiger partial charge in [-0.05, 0) is 70.0 Å². The Kier molecular flexibility index (Phi) is 7.88. The van der Waals surface area contributed by atoms with Crippen LogP contribution in [0.2, 0.25) is 15.1 Å². The molecule has 0 spiro atoms. The van der Waals surface area contributed by atoms with Crippen LogP contribution in [0, 0.1) is 0 Å². The molecule has 1 fully saturated rings. The molecule has 3 aromatic rings. The number of urea groups is 1. The Morgan fingerprint density at radius 1 is 0.914 bits per heavy atom. The van der Waals surface area contributed by atoms with Gasteiger partial charge in [-0.2, -0.15) is 0 Å². The first-order chi connectivity index (χ1) is 16.6. The number of hydrogen-bond donors (Lipinski definition) is 1. The Morgan fingerprint density at radius 2 is 1.63 bits per heavy atom. The van der Waals surface area contributed by atoms with Gasteiger partial charge in [-0.15, -0.1) is 0 Å². The third-order valence-corrected chi connectivity index (χ3v) is 6.93. The number of ether oxygens (including phenoxy) is 1. The van der Waals surface area contributed by atoms with E-state index >= 15 is 0 Å². The lowest BCUT2D eigenvalue weighted by Crippen LogP contribution is -2.54. The predicted octanol–water partition coefficient (Wildman–Crippen LogP) is 7.42. The Bertz CT molecular complexity index is 1390. The van der Waals surface area contributed by atoms with E-state index in [4.69, 9.17) is 39.5 Å². The van der Waals surface area contributed by atoms with Crippen LogP contribution < -0.4 is 15.0 Å². The van der Waals surface area contributed by atoms with Gasteiger partial charge in [0.15, 0.2) is 0 Å². The van der Waals surface area contributed by atoms with Crippen LogP contribution in [0.3, 0.4) is 0 Å². The van der Waals surface area contributed by atoms with Gasteiger partial charge >= 0.3 is 6.03 Å². The number of rotatable bonds is 5. The molecule has 6 nitrogen and oxygen atoms in total. The van der Waals surface area contributed by atoms with E-state index in [1.165, 1.54) is 24.3 Å². The van der Waals surface area contributed by atoms with Crippen LogP contribution in [0.1, 0.15) is 11.1 Å². The van der Waals surface area contributed by atoms with E-state index in [0.29, 0.717) is 25.3 Å². The molecule has 0 radical (unpaired) electrons. The van der Waals surface area contributed by atoms with Crippen LogP contribution in [0.15, 0.2) is 69.1 Å². The quantitative estimate of drug-likeness (QED) is 0.229. The van der Waals surface area contributed by atoms with Gasteiger partial charge in [-0.1, -0.05) is 62.9 Å². The first kappa shape index (κ1) is 25.7. The predicted molar refractivity (Wildman–Crippen MR) is 143 cm³/mol. The van der Waals surface area contributed by atoms with Crippen LogP contribution >= 0.6 is 66.7 Å². The number of carbonyl (C=O) groups is 3. The molecule has 0 atom stereocenters. The molecule has 0 bridgehead atoms. The highest BCUT2D eigenvalue weighted by Gasteiger charge is 2.37. The number of nitrogens with zero attached hydrogens (tertiary/aromatic N) is 1. The second-order valence-electron chi connectivity index (χ2n) is 7.28. The number of barbiturate groups is 1. The molecule has 3 aromatic carbocycles. The number of imide groups is 2. The highest BCUT2D eigenvalue weighted by Crippen LogP contribution is 2.36. The zero-order valence-electron chi connectivity index (χ0n) is 17.5. The van der Waals surface area contributed by atoms with E-state index < -0.39 is 17.8 Å². The second-order valence-corrected chi connectivity index (χ2v) is 10.3. The molecule has 1 aliphatic heterocycles. The smallest absolute Gasteiger partial charge is 0.335 e. The van der Waals surface area contributed by atoms with Gasteiger partial charge < -0.3 is 4.74 Å². The minimum absolute atomic E-state index is 0.154. The van der Waals surface area contributed by atoms with Crippen molar-refractivity contribution in [3.05, 3.63) is 95.3 Å². The molecule has 1 saturated heterocycles. The molecule has 0 unspecified atom stereocenters. The van der Waals surface area contributed by atoms with E-state index in [9.17, 15) is 14.4 Å². The van der Waals surface area contributed by atoms with Crippen molar-refractivity contribution in [2.45, 2.75) is 6.61 Å². The maximum absolute atomic E-state index is 13.3. The van der Waals surface area contributed by atoms with Gasteiger partial charge in [0, 0.05) is 15.1 Å². The van der Waals surface area contributed by atoms with E-state index in [-0.39, 0.29) is 27.9 Å². The summed E-state index contributed by atoms with van der Waals surface area (Å²) in [5, 5.41) is 3.20. The van der Waals surface area contributed by atoms with E-state index in [1.807, 2.05) is 12.1 Å². The monoisotopic (exact) mass is 656 g/mol. The van der Waals surface area contributed by atoms with Crippen molar-refractivity contribution in [2.75, 3.05) is 4.90 Å². The Morgan fingerprint density at radius 3 is 2.31 bits per heavy atom. The van der Waals surface area contributed by atoms with Crippen LogP contribution in [0.25, 0.3) is 6.08 Å². The molecule has 1 N–H and O–H groups in total. The summed E-state index contributed by atoms with van der Waals surface area (Å²) in [7, 11) is 0. The summed E-state index contributed by atoms with van der Waals surface area (Å²) in [6, 6.07) is 14.0. The molecule has 11 heteroatoms. The maximum atomic E-state index is 13.3. The lowest BCUT2D eigenvalue weighted by molar-refractivity contribution is -0.122. The summed E-state index contributed by atoms with van der Waals surface area (Å²) >= 11 is 24.8. The molecule has 35 heavy (non-hydrogen) atoms. The van der Waals surface area contributed by atoms with Crippen molar-refractivity contribution in [1.29, 1.82) is 0 Å². The molecule has 1 heterocycles. The van der Waals surface area contributed by atoms with Crippen molar-refractivity contribution < 1.29 is 19.1 Å². The van der Waals surface area contributed by atoms with Gasteiger partial charge in [0.1, 0.15) is 17.9 Å². The lowest BCUT2D eigenvalue weighted by atomic mass is 10.1. The number of nitrogens with one attached hydrogen (secondary N) is 1. The average molecular weight is 660 g/mol. The fourth-order valence-corrected chi connectivity index (χ4v) is 5.04. The Balaban J connectivity index is 1.71. The number of anilines is 1. The summed E-state index contributed by atoms with van der Waals surface area (Å²) in [6.45, 7) is 0.210. The summed E-state index contributed by atoms with van der Waals surface area (Å²) in [5.74, 6) is -1.26. The summed E-state index contributed by atoms with van der Waals surface area (Å²) in [5.41, 5.74) is 1.19. The minimum Gasteiger partial charge on any atom is -0.487 e. The molecule has 0 aromatic heterocycles. The van der Waals surface area contributed by atoms with Crippen molar-refractivity contribution in [2.24, 2.45) is 0 Å². The number of benzene rings is 3. The third kappa shape index (κ3) is 5.73. The van der Waals surface area contributed by atoms with Crippen LogP contribution in [-0.2, 0) is 16.2 Å². The van der Waals surface area contributed by atoms with Crippen molar-refractivity contribution in [1.82, 2.24) is 5.32 Å². The molecular weight excluding hydrogens is 646 g/mol.